The first kappa shape index (κ1) is 22.9. The van der Waals surface area contributed by atoms with Crippen LogP contribution in [0.1, 0.15) is 58.4 Å². The lowest BCUT2D eigenvalue weighted by Crippen LogP contribution is -2.70. The first-order valence-electron chi connectivity index (χ1n) is 12.7. The van der Waals surface area contributed by atoms with Crippen LogP contribution in [0, 0.1) is 17.8 Å². The number of fused-ring (bicyclic) bond motifs is 3. The Kier molecular flexibility index (Phi) is 6.50. The molecule has 5 atom stereocenters. The van der Waals surface area contributed by atoms with Gasteiger partial charge in [0.15, 0.2) is 0 Å². The van der Waals surface area contributed by atoms with E-state index in [1.165, 1.54) is 37.7 Å². The van der Waals surface area contributed by atoms with Crippen LogP contribution in [0.4, 0.5) is 0 Å². The minimum absolute atomic E-state index is 0.122. The summed E-state index contributed by atoms with van der Waals surface area (Å²) < 4.78 is 12.5. The summed E-state index contributed by atoms with van der Waals surface area (Å²) in [7, 11) is 0. The summed E-state index contributed by atoms with van der Waals surface area (Å²) in [4.78, 5) is 2.85. The van der Waals surface area contributed by atoms with Crippen molar-refractivity contribution < 1.29 is 9.47 Å². The maximum Gasteiger partial charge on any atom is 0.358 e. The Morgan fingerprint density at radius 3 is 2.24 bits per heavy atom. The number of hydrogen-bond acceptors (Lipinski definition) is 4. The third kappa shape index (κ3) is 5.12. The van der Waals surface area contributed by atoms with Crippen molar-refractivity contribution in [3.63, 3.8) is 0 Å². The van der Waals surface area contributed by atoms with Gasteiger partial charge in [-0.15, -0.1) is 0 Å². The number of para-hydroxylation sites is 1. The number of benzene rings is 2. The van der Waals surface area contributed by atoms with E-state index in [-0.39, 0.29) is 16.9 Å². The quantitative estimate of drug-likeness (QED) is 0.447. The summed E-state index contributed by atoms with van der Waals surface area (Å²) in [5.74, 6) is 2.58. The number of ether oxygens (including phenoxy) is 2. The van der Waals surface area contributed by atoms with Crippen LogP contribution >= 0.6 is 12.2 Å². The zero-order chi connectivity index (χ0) is 23.0. The maximum atomic E-state index is 6.58. The van der Waals surface area contributed by atoms with Gasteiger partial charge in [-0.3, -0.25) is 4.90 Å². The molecule has 3 nitrogen and oxygen atoms in total. The highest BCUT2D eigenvalue weighted by molar-refractivity contribution is 7.79. The summed E-state index contributed by atoms with van der Waals surface area (Å²) >= 11 is 5.63. The Bertz CT molecular complexity index is 937. The largest absolute Gasteiger partial charge is 0.453 e. The van der Waals surface area contributed by atoms with E-state index in [2.05, 4.69) is 56.0 Å². The minimum atomic E-state index is 0.122. The molecule has 2 aliphatic carbocycles. The Hall–Kier alpha value is -1.91. The lowest BCUT2D eigenvalue weighted by Gasteiger charge is -2.62. The predicted octanol–water partition coefficient (Wildman–Crippen LogP) is 6.66. The van der Waals surface area contributed by atoms with Crippen molar-refractivity contribution in [1.29, 1.82) is 0 Å². The molecule has 176 valence electrons. The predicted molar refractivity (Wildman–Crippen MR) is 137 cm³/mol. The molecule has 2 heterocycles. The molecule has 2 aromatic carbocycles. The third-order valence-corrected chi connectivity index (χ3v) is 8.06. The van der Waals surface area contributed by atoms with Crippen LogP contribution in [0.15, 0.2) is 60.7 Å². The number of rotatable bonds is 6. The van der Waals surface area contributed by atoms with Crippen LogP contribution in [0.2, 0.25) is 0 Å². The smallest absolute Gasteiger partial charge is 0.358 e. The summed E-state index contributed by atoms with van der Waals surface area (Å²) in [6.45, 7) is 7.16. The van der Waals surface area contributed by atoms with Crippen molar-refractivity contribution in [3.05, 3.63) is 66.2 Å². The molecule has 0 unspecified atom stereocenters. The topological polar surface area (TPSA) is 21.7 Å². The molecule has 0 N–H and O–H groups in total. The fraction of sp³-hybridized carbons (Fsp3) is 0.552. The Labute approximate surface area is 204 Å². The second-order valence-electron chi connectivity index (χ2n) is 11.2. The lowest BCUT2D eigenvalue weighted by molar-refractivity contribution is -0.161. The summed E-state index contributed by atoms with van der Waals surface area (Å²) in [6.07, 6.45) is 7.65. The highest BCUT2D eigenvalue weighted by Crippen LogP contribution is 2.52. The van der Waals surface area contributed by atoms with Crippen molar-refractivity contribution in [2.45, 2.75) is 83.0 Å². The van der Waals surface area contributed by atoms with Gasteiger partial charge in [-0.1, -0.05) is 61.4 Å². The van der Waals surface area contributed by atoms with Crippen LogP contribution < -0.4 is 4.74 Å². The molecule has 0 aromatic heterocycles. The second kappa shape index (κ2) is 9.38. The van der Waals surface area contributed by atoms with E-state index in [1.807, 2.05) is 30.3 Å². The van der Waals surface area contributed by atoms with E-state index in [1.54, 1.807) is 0 Å². The third-order valence-electron chi connectivity index (χ3n) is 7.88. The Morgan fingerprint density at radius 2 is 1.61 bits per heavy atom. The standard InChI is InChI=1S/C29H37NO2S/c1-29(2,3)30-25-17-16-23(26(30)19-20-10-6-4-7-11-20)27(24(25)18-21-14-15-21)32-28(33)31-22-12-8-5-9-13-22/h4-13,21,23-27H,14-19H2,1-3H3/t23-,24-,25-,26-,27+/m0/s1. The zero-order valence-corrected chi connectivity index (χ0v) is 21.0. The number of piperidine rings is 2. The maximum absolute atomic E-state index is 6.58. The van der Waals surface area contributed by atoms with E-state index in [9.17, 15) is 0 Å². The van der Waals surface area contributed by atoms with Crippen molar-refractivity contribution >= 4 is 17.5 Å². The van der Waals surface area contributed by atoms with Gasteiger partial charge in [0.1, 0.15) is 11.9 Å². The van der Waals surface area contributed by atoms with Crippen LogP contribution in [0.5, 0.6) is 5.75 Å². The molecule has 33 heavy (non-hydrogen) atoms. The zero-order valence-electron chi connectivity index (χ0n) is 20.2. The molecule has 0 spiro atoms. The number of hydrogen-bond donors (Lipinski definition) is 0. The van der Waals surface area contributed by atoms with Gasteiger partial charge >= 0.3 is 5.24 Å². The van der Waals surface area contributed by atoms with Crippen LogP contribution in [0.25, 0.3) is 0 Å². The molecular weight excluding hydrogens is 426 g/mol. The Morgan fingerprint density at radius 1 is 0.939 bits per heavy atom. The molecule has 2 aliphatic heterocycles. The lowest BCUT2D eigenvalue weighted by atomic mass is 9.63. The second-order valence-corrected chi connectivity index (χ2v) is 11.6. The molecular formula is C29H37NO2S. The SMILES string of the molecule is CC(C)(C)N1[C@H]2CC[C@H]([C@@H](OC(=S)Oc3ccccc3)[C@H]2CC2CC2)[C@@H]1Cc1ccccc1. The molecule has 2 aromatic rings. The van der Waals surface area contributed by atoms with Gasteiger partial charge in [-0.25, -0.2) is 0 Å². The van der Waals surface area contributed by atoms with E-state index < -0.39 is 0 Å². The van der Waals surface area contributed by atoms with Crippen molar-refractivity contribution in [2.75, 3.05) is 0 Å². The van der Waals surface area contributed by atoms with E-state index in [0.717, 1.165) is 18.1 Å². The van der Waals surface area contributed by atoms with E-state index in [0.29, 0.717) is 23.9 Å². The average molecular weight is 464 g/mol. The van der Waals surface area contributed by atoms with Gasteiger partial charge < -0.3 is 9.47 Å². The van der Waals surface area contributed by atoms with Gasteiger partial charge in [-0.2, -0.15) is 0 Å². The normalized spacial score (nSPS) is 29.6. The fourth-order valence-corrected chi connectivity index (χ4v) is 6.72. The van der Waals surface area contributed by atoms with Crippen molar-refractivity contribution in [3.8, 4) is 5.75 Å². The molecule has 4 aliphatic rings. The monoisotopic (exact) mass is 463 g/mol. The van der Waals surface area contributed by atoms with Gasteiger partial charge in [0, 0.05) is 41.7 Å². The van der Waals surface area contributed by atoms with Crippen molar-refractivity contribution in [1.82, 2.24) is 4.90 Å². The summed E-state index contributed by atoms with van der Waals surface area (Å²) in [5.41, 5.74) is 1.53. The molecule has 4 fully saturated rings. The molecule has 2 bridgehead atoms. The van der Waals surface area contributed by atoms with Gasteiger partial charge in [0.2, 0.25) is 0 Å². The molecule has 2 saturated heterocycles. The van der Waals surface area contributed by atoms with Crippen LogP contribution in [-0.2, 0) is 11.2 Å². The van der Waals surface area contributed by atoms with Crippen LogP contribution in [-0.4, -0.2) is 33.9 Å². The molecule has 0 radical (unpaired) electrons. The van der Waals surface area contributed by atoms with E-state index >= 15 is 0 Å². The first-order chi connectivity index (χ1) is 15.9. The summed E-state index contributed by atoms with van der Waals surface area (Å²) in [5, 5.41) is 0.278. The van der Waals surface area contributed by atoms with Crippen LogP contribution in [0.3, 0.4) is 0 Å². The van der Waals surface area contributed by atoms with Gasteiger partial charge in [-0.05, 0) is 70.1 Å². The first-order valence-corrected chi connectivity index (χ1v) is 13.1. The molecule has 2 saturated carbocycles. The minimum Gasteiger partial charge on any atom is -0.453 e. The van der Waals surface area contributed by atoms with Gasteiger partial charge in [0.05, 0.1) is 0 Å². The Balaban J connectivity index is 1.42. The highest BCUT2D eigenvalue weighted by Gasteiger charge is 2.57. The highest BCUT2D eigenvalue weighted by atomic mass is 32.1. The molecule has 0 amide bonds. The fourth-order valence-electron chi connectivity index (χ4n) is 6.51. The molecule has 4 heteroatoms. The molecule has 6 rings (SSSR count). The van der Waals surface area contributed by atoms with Crippen molar-refractivity contribution in [2.24, 2.45) is 17.8 Å². The van der Waals surface area contributed by atoms with E-state index in [4.69, 9.17) is 21.7 Å². The number of thiocarbonyl (C=S) groups is 1. The average Bonchev–Trinajstić information content (AvgIpc) is 3.60. The number of nitrogens with zero attached hydrogens (tertiary/aromatic N) is 1. The summed E-state index contributed by atoms with van der Waals surface area (Å²) in [6, 6.07) is 21.7. The van der Waals surface area contributed by atoms with Gasteiger partial charge in [0.25, 0.3) is 0 Å².